The number of sulfonamides is 1. The van der Waals surface area contributed by atoms with E-state index in [4.69, 9.17) is 10.6 Å². The van der Waals surface area contributed by atoms with Crippen molar-refractivity contribution in [3.63, 3.8) is 0 Å². The van der Waals surface area contributed by atoms with Crippen molar-refractivity contribution < 1.29 is 22.8 Å². The second kappa shape index (κ2) is 11.9. The summed E-state index contributed by atoms with van der Waals surface area (Å²) in [5.41, 5.74) is 6.19. The third-order valence-electron chi connectivity index (χ3n) is 6.33. The summed E-state index contributed by atoms with van der Waals surface area (Å²) in [5.74, 6) is -0.683. The molecular weight excluding hydrogens is 490 g/mol. The number of nitrogens with one attached hydrogen (secondary N) is 1. The maximum atomic E-state index is 13.8. The molecule has 0 unspecified atom stereocenters. The number of nitrogens with two attached hydrogens (primary N) is 1. The van der Waals surface area contributed by atoms with Gasteiger partial charge in [0, 0.05) is 11.6 Å². The summed E-state index contributed by atoms with van der Waals surface area (Å²) >= 11 is 0. The third-order valence-corrected chi connectivity index (χ3v) is 7.90. The molecule has 3 aromatic rings. The van der Waals surface area contributed by atoms with Crippen LogP contribution in [0.2, 0.25) is 0 Å². The Bertz CT molecular complexity index is 1320. The molecule has 3 aromatic carbocycles. The molecule has 1 saturated carbocycles. The Morgan fingerprint density at radius 1 is 0.892 bits per heavy atom. The number of para-hydroxylation sites is 2. The largest absolute Gasteiger partial charge is 0.366 e. The normalized spacial score (nSPS) is 14.4. The molecule has 1 aliphatic carbocycles. The minimum atomic E-state index is -4.26. The monoisotopic (exact) mass is 521 g/mol. The first kappa shape index (κ1) is 26.2. The lowest BCUT2D eigenvalue weighted by Gasteiger charge is -2.24. The lowest BCUT2D eigenvalue weighted by atomic mass is 10.0. The highest BCUT2D eigenvalue weighted by atomic mass is 32.2. The summed E-state index contributed by atoms with van der Waals surface area (Å²) in [6.07, 6.45) is 6.08. The van der Waals surface area contributed by atoms with Crippen LogP contribution < -0.4 is 20.4 Å². The Morgan fingerprint density at radius 3 is 2.14 bits per heavy atom. The maximum absolute atomic E-state index is 13.8. The molecule has 0 aromatic heterocycles. The van der Waals surface area contributed by atoms with Gasteiger partial charge in [-0.25, -0.2) is 0 Å². The molecule has 0 atom stereocenters. The Morgan fingerprint density at radius 2 is 1.51 bits per heavy atom. The fraction of sp³-hybridized carbons (Fsp3) is 0.286. The average Bonchev–Trinajstić information content (AvgIpc) is 3.16. The highest BCUT2D eigenvalue weighted by Gasteiger charge is 2.29. The molecule has 0 radical (unpaired) electrons. The minimum absolute atomic E-state index is 0.0757. The number of rotatable bonds is 9. The molecular formula is C28H31N3O5S. The Balaban J connectivity index is 1.65. The van der Waals surface area contributed by atoms with E-state index in [1.165, 1.54) is 18.2 Å². The molecule has 8 nitrogen and oxygen atoms in total. The highest BCUT2D eigenvalue weighted by Crippen LogP contribution is 2.27. The molecule has 0 saturated heterocycles. The molecule has 0 heterocycles. The van der Waals surface area contributed by atoms with Crippen molar-refractivity contribution in [1.29, 1.82) is 0 Å². The molecule has 37 heavy (non-hydrogen) atoms. The second-order valence-corrected chi connectivity index (χ2v) is 10.8. The van der Waals surface area contributed by atoms with Gasteiger partial charge in [0.1, 0.15) is 0 Å². The molecule has 1 aliphatic rings. The van der Waals surface area contributed by atoms with Gasteiger partial charge >= 0.3 is 0 Å². The summed E-state index contributed by atoms with van der Waals surface area (Å²) in [4.78, 5) is 30.7. The molecule has 0 aliphatic heterocycles. The molecule has 9 heteroatoms. The summed E-state index contributed by atoms with van der Waals surface area (Å²) < 4.78 is 28.4. The number of hydrogen-bond donors (Lipinski definition) is 2. The molecule has 1 fully saturated rings. The summed E-state index contributed by atoms with van der Waals surface area (Å²) in [7, 11) is -4.26. The van der Waals surface area contributed by atoms with Gasteiger partial charge in [0.2, 0.25) is 11.8 Å². The van der Waals surface area contributed by atoms with Gasteiger partial charge in [0.25, 0.3) is 10.0 Å². The number of anilines is 1. The van der Waals surface area contributed by atoms with Crippen LogP contribution in [0.25, 0.3) is 0 Å². The number of primary amides is 1. The predicted octanol–water partition coefficient (Wildman–Crippen LogP) is 4.36. The minimum Gasteiger partial charge on any atom is -0.366 e. The quantitative estimate of drug-likeness (QED) is 0.320. The van der Waals surface area contributed by atoms with Crippen LogP contribution in [-0.4, -0.2) is 26.3 Å². The zero-order valence-electron chi connectivity index (χ0n) is 20.5. The molecule has 0 spiro atoms. The van der Waals surface area contributed by atoms with Crippen LogP contribution in [0.15, 0.2) is 83.8 Å². The van der Waals surface area contributed by atoms with E-state index in [0.717, 1.165) is 43.0 Å². The van der Waals surface area contributed by atoms with E-state index in [2.05, 4.69) is 5.32 Å². The van der Waals surface area contributed by atoms with Crippen molar-refractivity contribution in [3.8, 4) is 5.75 Å². The van der Waals surface area contributed by atoms with Crippen molar-refractivity contribution in [2.24, 2.45) is 5.73 Å². The first-order valence-electron chi connectivity index (χ1n) is 12.4. The third kappa shape index (κ3) is 6.68. The van der Waals surface area contributed by atoms with E-state index in [9.17, 15) is 18.0 Å². The van der Waals surface area contributed by atoms with Crippen LogP contribution >= 0.6 is 0 Å². The van der Waals surface area contributed by atoms with E-state index < -0.39 is 15.9 Å². The maximum Gasteiger partial charge on any atom is 0.295 e. The Kier molecular flexibility index (Phi) is 8.45. The fourth-order valence-electron chi connectivity index (χ4n) is 4.46. The number of hydrogen-bond acceptors (Lipinski definition) is 5. The van der Waals surface area contributed by atoms with Crippen LogP contribution in [0.3, 0.4) is 0 Å². The van der Waals surface area contributed by atoms with E-state index in [1.807, 2.05) is 0 Å². The van der Waals surface area contributed by atoms with Crippen molar-refractivity contribution in [2.45, 2.75) is 55.9 Å². The van der Waals surface area contributed by atoms with Gasteiger partial charge < -0.3 is 15.9 Å². The molecule has 0 bridgehead atoms. The van der Waals surface area contributed by atoms with Crippen molar-refractivity contribution >= 4 is 27.5 Å². The van der Waals surface area contributed by atoms with Crippen molar-refractivity contribution in [3.05, 3.63) is 90.0 Å². The van der Waals surface area contributed by atoms with Gasteiger partial charge in [-0.05, 0) is 60.9 Å². The SMILES string of the molecule is NC(=O)c1ccc(S(=O)(=O)N(Oc2ccccc2)c2ccccc2)cc1CC(=O)NC1CCCCCC1. The number of carbonyl (C=O) groups excluding carboxylic acids is 2. The topological polar surface area (TPSA) is 119 Å². The van der Waals surface area contributed by atoms with E-state index >= 15 is 0 Å². The summed E-state index contributed by atoms with van der Waals surface area (Å²) in [6.45, 7) is 0. The first-order chi connectivity index (χ1) is 17.8. The number of benzene rings is 3. The number of amides is 2. The van der Waals surface area contributed by atoms with Gasteiger partial charge in [-0.15, -0.1) is 0 Å². The van der Waals surface area contributed by atoms with Crippen molar-refractivity contribution in [1.82, 2.24) is 5.32 Å². The Labute approximate surface area is 217 Å². The van der Waals surface area contributed by atoms with Gasteiger partial charge in [0.05, 0.1) is 17.0 Å². The molecule has 3 N–H and O–H groups in total. The highest BCUT2D eigenvalue weighted by molar-refractivity contribution is 7.92. The van der Waals surface area contributed by atoms with E-state index in [-0.39, 0.29) is 40.1 Å². The molecule has 2 amide bonds. The Hall–Kier alpha value is -3.85. The fourth-order valence-corrected chi connectivity index (χ4v) is 5.76. The van der Waals surface area contributed by atoms with Gasteiger partial charge in [-0.1, -0.05) is 66.6 Å². The van der Waals surface area contributed by atoms with Crippen LogP contribution in [0, 0.1) is 0 Å². The van der Waals surface area contributed by atoms with Gasteiger partial charge in [0.15, 0.2) is 5.75 Å². The molecule has 194 valence electrons. The first-order valence-corrected chi connectivity index (χ1v) is 13.8. The van der Waals surface area contributed by atoms with Crippen LogP contribution in [-0.2, 0) is 21.2 Å². The standard InChI is InChI=1S/C28H31N3O5S/c29-28(33)26-18-17-25(19-21(26)20-27(32)30-22-11-5-1-2-6-12-22)37(34,35)31(23-13-7-3-8-14-23)36-24-15-9-4-10-16-24/h3-4,7-10,13-19,22H,1-2,5-6,11-12,20H2,(H2,29,33)(H,30,32). The van der Waals surface area contributed by atoms with Crippen LogP contribution in [0.1, 0.15) is 54.4 Å². The predicted molar refractivity (Wildman–Crippen MR) is 141 cm³/mol. The van der Waals surface area contributed by atoms with Crippen LogP contribution in [0.5, 0.6) is 5.75 Å². The smallest absolute Gasteiger partial charge is 0.295 e. The van der Waals surface area contributed by atoms with Crippen molar-refractivity contribution in [2.75, 3.05) is 4.47 Å². The average molecular weight is 522 g/mol. The second-order valence-electron chi connectivity index (χ2n) is 9.09. The van der Waals surface area contributed by atoms with Crippen LogP contribution in [0.4, 0.5) is 5.69 Å². The van der Waals surface area contributed by atoms with Gasteiger partial charge in [-0.2, -0.15) is 8.42 Å². The van der Waals surface area contributed by atoms with E-state index in [0.29, 0.717) is 5.75 Å². The number of nitrogens with zero attached hydrogens (tertiary/aromatic N) is 1. The zero-order valence-corrected chi connectivity index (χ0v) is 21.3. The van der Waals surface area contributed by atoms with Gasteiger partial charge in [-0.3, -0.25) is 9.59 Å². The zero-order chi connectivity index (χ0) is 26.3. The van der Waals surface area contributed by atoms with E-state index in [1.54, 1.807) is 60.7 Å². The lowest BCUT2D eigenvalue weighted by molar-refractivity contribution is -0.121. The summed E-state index contributed by atoms with van der Waals surface area (Å²) in [6, 6.07) is 21.0. The lowest BCUT2D eigenvalue weighted by Crippen LogP contribution is -2.36. The summed E-state index contributed by atoms with van der Waals surface area (Å²) in [5, 5.41) is 3.04. The number of carbonyl (C=O) groups is 2. The molecule has 4 rings (SSSR count).